The number of hydrogen-bond acceptors (Lipinski definition) is 7. The molecule has 0 atom stereocenters. The summed E-state index contributed by atoms with van der Waals surface area (Å²) in [5, 5.41) is 7.14. The summed E-state index contributed by atoms with van der Waals surface area (Å²) in [6, 6.07) is 4.41. The number of nitrogens with zero attached hydrogens (tertiary/aromatic N) is 2. The first-order valence-corrected chi connectivity index (χ1v) is 7.36. The molecule has 1 aromatic heterocycles. The number of ether oxygens (including phenoxy) is 2. The van der Waals surface area contributed by atoms with Crippen LogP contribution in [0.2, 0.25) is 0 Å². The van der Waals surface area contributed by atoms with Crippen LogP contribution in [-0.2, 0) is 15.6 Å². The summed E-state index contributed by atoms with van der Waals surface area (Å²) < 4.78 is 39.3. The largest absolute Gasteiger partial charge is 0.493 e. The van der Waals surface area contributed by atoms with Crippen LogP contribution in [0.1, 0.15) is 11.4 Å². The van der Waals surface area contributed by atoms with Gasteiger partial charge in [0.15, 0.2) is 21.3 Å². The van der Waals surface area contributed by atoms with Crippen molar-refractivity contribution >= 4 is 9.84 Å². The van der Waals surface area contributed by atoms with Crippen LogP contribution < -0.4 is 9.47 Å². The van der Waals surface area contributed by atoms with Gasteiger partial charge in [-0.25, -0.2) is 13.0 Å². The maximum atomic E-state index is 12.3. The summed E-state index contributed by atoms with van der Waals surface area (Å²) >= 11 is 0. The van der Waals surface area contributed by atoms with Crippen molar-refractivity contribution in [3.8, 4) is 11.5 Å². The zero-order valence-corrected chi connectivity index (χ0v) is 12.1. The quantitative estimate of drug-likeness (QED) is 0.823. The van der Waals surface area contributed by atoms with Gasteiger partial charge >= 0.3 is 0 Å². The molecule has 1 aromatic carbocycles. The van der Waals surface area contributed by atoms with E-state index in [0.29, 0.717) is 22.9 Å². The zero-order chi connectivity index (χ0) is 14.8. The van der Waals surface area contributed by atoms with Gasteiger partial charge in [-0.05, 0) is 19.1 Å². The standard InChI is InChI=1S/C12H14N2O5S/c1-8-10(14-19-13-8)7-20(15,16)9-4-5-11(17-2)12(6-9)18-3/h4-6H,7H2,1-3H3. The molecule has 20 heavy (non-hydrogen) atoms. The predicted molar refractivity (Wildman–Crippen MR) is 69.5 cm³/mol. The normalized spacial score (nSPS) is 11.3. The number of aryl methyl sites for hydroxylation is 1. The Bertz CT molecular complexity index is 708. The molecular formula is C12H14N2O5S. The average molecular weight is 298 g/mol. The molecule has 0 unspecified atom stereocenters. The molecule has 0 saturated heterocycles. The van der Waals surface area contributed by atoms with Crippen molar-refractivity contribution in [2.75, 3.05) is 14.2 Å². The van der Waals surface area contributed by atoms with Crippen molar-refractivity contribution in [1.82, 2.24) is 10.3 Å². The fourth-order valence-electron chi connectivity index (χ4n) is 1.65. The Morgan fingerprint density at radius 2 is 1.85 bits per heavy atom. The van der Waals surface area contributed by atoms with Crippen molar-refractivity contribution in [3.63, 3.8) is 0 Å². The van der Waals surface area contributed by atoms with Gasteiger partial charge < -0.3 is 9.47 Å². The summed E-state index contributed by atoms with van der Waals surface area (Å²) in [7, 11) is -0.634. The van der Waals surface area contributed by atoms with Gasteiger partial charge in [0.05, 0.1) is 19.1 Å². The smallest absolute Gasteiger partial charge is 0.184 e. The van der Waals surface area contributed by atoms with E-state index in [-0.39, 0.29) is 10.6 Å². The first-order chi connectivity index (χ1) is 9.47. The van der Waals surface area contributed by atoms with E-state index in [1.54, 1.807) is 13.0 Å². The molecular weight excluding hydrogens is 284 g/mol. The third-order valence-electron chi connectivity index (χ3n) is 2.79. The van der Waals surface area contributed by atoms with Gasteiger partial charge in [0.1, 0.15) is 17.1 Å². The van der Waals surface area contributed by atoms with Crippen LogP contribution in [0.5, 0.6) is 11.5 Å². The van der Waals surface area contributed by atoms with Crippen molar-refractivity contribution in [2.24, 2.45) is 0 Å². The number of aromatic nitrogens is 2. The van der Waals surface area contributed by atoms with E-state index < -0.39 is 9.84 Å². The minimum atomic E-state index is -3.56. The van der Waals surface area contributed by atoms with E-state index >= 15 is 0 Å². The lowest BCUT2D eigenvalue weighted by atomic mass is 10.3. The van der Waals surface area contributed by atoms with Gasteiger partial charge in [-0.15, -0.1) is 0 Å². The molecule has 0 aliphatic rings. The molecule has 0 bridgehead atoms. The second-order valence-electron chi connectivity index (χ2n) is 4.07. The van der Waals surface area contributed by atoms with Crippen LogP contribution in [0.15, 0.2) is 27.7 Å². The van der Waals surface area contributed by atoms with Gasteiger partial charge in [0, 0.05) is 6.07 Å². The van der Waals surface area contributed by atoms with Gasteiger partial charge in [0.2, 0.25) is 0 Å². The highest BCUT2D eigenvalue weighted by molar-refractivity contribution is 7.90. The fraction of sp³-hybridized carbons (Fsp3) is 0.333. The highest BCUT2D eigenvalue weighted by Gasteiger charge is 2.21. The van der Waals surface area contributed by atoms with Crippen molar-refractivity contribution < 1.29 is 22.5 Å². The highest BCUT2D eigenvalue weighted by atomic mass is 32.2. The Morgan fingerprint density at radius 1 is 1.15 bits per heavy atom. The molecule has 0 saturated carbocycles. The van der Waals surface area contributed by atoms with Crippen molar-refractivity contribution in [2.45, 2.75) is 17.6 Å². The molecule has 0 radical (unpaired) electrons. The fourth-order valence-corrected chi connectivity index (χ4v) is 3.00. The third-order valence-corrected chi connectivity index (χ3v) is 4.41. The molecule has 2 aromatic rings. The summed E-state index contributed by atoms with van der Waals surface area (Å²) in [6.07, 6.45) is 0. The molecule has 0 N–H and O–H groups in total. The van der Waals surface area contributed by atoms with Crippen LogP contribution in [0.4, 0.5) is 0 Å². The van der Waals surface area contributed by atoms with Crippen LogP contribution in [0.3, 0.4) is 0 Å². The van der Waals surface area contributed by atoms with Gasteiger partial charge in [-0.3, -0.25) is 0 Å². The molecule has 0 amide bonds. The van der Waals surface area contributed by atoms with E-state index in [4.69, 9.17) is 9.47 Å². The first-order valence-electron chi connectivity index (χ1n) is 5.70. The number of sulfone groups is 1. The highest BCUT2D eigenvalue weighted by Crippen LogP contribution is 2.30. The molecule has 0 fully saturated rings. The Labute approximate surface area is 116 Å². The lowest BCUT2D eigenvalue weighted by molar-refractivity contribution is 0.302. The Balaban J connectivity index is 2.37. The first kappa shape index (κ1) is 14.3. The van der Waals surface area contributed by atoms with E-state index in [1.165, 1.54) is 26.4 Å². The van der Waals surface area contributed by atoms with E-state index in [0.717, 1.165) is 0 Å². The lowest BCUT2D eigenvalue weighted by Gasteiger charge is -2.09. The van der Waals surface area contributed by atoms with Crippen LogP contribution >= 0.6 is 0 Å². The molecule has 0 spiro atoms. The summed E-state index contributed by atoms with van der Waals surface area (Å²) in [4.78, 5) is 0.123. The lowest BCUT2D eigenvalue weighted by Crippen LogP contribution is -2.07. The van der Waals surface area contributed by atoms with Crippen LogP contribution in [0, 0.1) is 6.92 Å². The van der Waals surface area contributed by atoms with Crippen LogP contribution in [0.25, 0.3) is 0 Å². The molecule has 0 aliphatic carbocycles. The van der Waals surface area contributed by atoms with E-state index in [2.05, 4.69) is 14.9 Å². The maximum absolute atomic E-state index is 12.3. The van der Waals surface area contributed by atoms with Crippen molar-refractivity contribution in [1.29, 1.82) is 0 Å². The Hall–Kier alpha value is -2.09. The molecule has 7 nitrogen and oxygen atoms in total. The average Bonchev–Trinajstić information content (AvgIpc) is 2.82. The second kappa shape index (κ2) is 5.49. The summed E-state index contributed by atoms with van der Waals surface area (Å²) in [5.41, 5.74) is 0.744. The second-order valence-corrected chi connectivity index (χ2v) is 6.06. The van der Waals surface area contributed by atoms with Gasteiger partial charge in [-0.2, -0.15) is 0 Å². The number of benzene rings is 1. The topological polar surface area (TPSA) is 91.5 Å². The summed E-state index contributed by atoms with van der Waals surface area (Å²) in [6.45, 7) is 1.63. The molecule has 0 aliphatic heterocycles. The number of hydrogen-bond donors (Lipinski definition) is 0. The molecule has 8 heteroatoms. The van der Waals surface area contributed by atoms with Gasteiger partial charge in [-0.1, -0.05) is 10.3 Å². The number of methoxy groups -OCH3 is 2. The van der Waals surface area contributed by atoms with Gasteiger partial charge in [0.25, 0.3) is 0 Å². The van der Waals surface area contributed by atoms with Crippen molar-refractivity contribution in [3.05, 3.63) is 29.6 Å². The minimum absolute atomic E-state index is 0.123. The SMILES string of the molecule is COc1ccc(S(=O)(=O)Cc2nonc2C)cc1OC. The van der Waals surface area contributed by atoms with E-state index in [9.17, 15) is 8.42 Å². The molecule has 1 heterocycles. The molecule has 108 valence electrons. The monoisotopic (exact) mass is 298 g/mol. The Kier molecular flexibility index (Phi) is 3.93. The number of rotatable bonds is 5. The van der Waals surface area contributed by atoms with Crippen LogP contribution in [-0.4, -0.2) is 33.0 Å². The Morgan fingerprint density at radius 3 is 2.40 bits per heavy atom. The maximum Gasteiger partial charge on any atom is 0.184 e. The third kappa shape index (κ3) is 2.74. The minimum Gasteiger partial charge on any atom is -0.493 e. The molecule has 2 rings (SSSR count). The van der Waals surface area contributed by atoms with E-state index in [1.807, 2.05) is 0 Å². The predicted octanol–water partition coefficient (Wildman–Crippen LogP) is 1.37. The zero-order valence-electron chi connectivity index (χ0n) is 11.3. The summed E-state index contributed by atoms with van der Waals surface area (Å²) in [5.74, 6) is 0.534.